The fourth-order valence-corrected chi connectivity index (χ4v) is 8.08. The Balaban J connectivity index is 1.15. The van der Waals surface area contributed by atoms with Crippen LogP contribution in [-0.2, 0) is 0 Å². The Morgan fingerprint density at radius 1 is 1.22 bits per heavy atom. The van der Waals surface area contributed by atoms with E-state index >= 15 is 0 Å². The number of fused-ring (bicyclic) bond motifs is 1. The minimum absolute atomic E-state index is 0.327. The fraction of sp³-hybridized carbons (Fsp3) is 0.667. The number of aliphatic hydroxyl groups is 1. The third kappa shape index (κ3) is 2.89. The van der Waals surface area contributed by atoms with Crippen molar-refractivity contribution in [3.63, 3.8) is 0 Å². The van der Waals surface area contributed by atoms with Crippen LogP contribution in [0.25, 0.3) is 10.2 Å². The number of anilines is 1. The summed E-state index contributed by atoms with van der Waals surface area (Å²) in [7, 11) is 0. The molecule has 1 aliphatic heterocycles. The number of halogens is 1. The quantitative estimate of drug-likeness (QED) is 0.798. The Kier molecular flexibility index (Phi) is 3.82. The number of thiazole rings is 1. The SMILES string of the molecule is OC12CC3CC(C1)C(N1CC[C@@H](Nc4nc5ccc(Cl)cc5s4)C1)[C@@H](C3)C2. The van der Waals surface area contributed by atoms with Gasteiger partial charge in [0.2, 0.25) is 0 Å². The van der Waals surface area contributed by atoms with Crippen LogP contribution in [0.3, 0.4) is 0 Å². The van der Waals surface area contributed by atoms with Crippen LogP contribution in [0.1, 0.15) is 38.5 Å². The molecule has 4 bridgehead atoms. The molecule has 6 atom stereocenters. The molecule has 2 heterocycles. The summed E-state index contributed by atoms with van der Waals surface area (Å²) < 4.78 is 1.15. The molecule has 144 valence electrons. The molecule has 0 amide bonds. The highest BCUT2D eigenvalue weighted by Gasteiger charge is 2.56. The summed E-state index contributed by atoms with van der Waals surface area (Å²) in [4.78, 5) is 7.47. The Hall–Kier alpha value is -0.880. The monoisotopic (exact) mass is 403 g/mol. The zero-order valence-corrected chi connectivity index (χ0v) is 17.0. The molecular weight excluding hydrogens is 378 g/mol. The van der Waals surface area contributed by atoms with E-state index in [-0.39, 0.29) is 5.60 Å². The molecule has 4 nitrogen and oxygen atoms in total. The van der Waals surface area contributed by atoms with Crippen molar-refractivity contribution in [2.75, 3.05) is 18.4 Å². The summed E-state index contributed by atoms with van der Waals surface area (Å²) in [6, 6.07) is 7.08. The number of aromatic nitrogens is 1. The lowest BCUT2D eigenvalue weighted by Gasteiger charge is -2.60. The van der Waals surface area contributed by atoms with Gasteiger partial charge in [-0.25, -0.2) is 4.98 Å². The molecule has 7 rings (SSSR count). The normalized spacial score (nSPS) is 40.9. The second-order valence-electron chi connectivity index (χ2n) is 9.44. The first-order chi connectivity index (χ1) is 13.0. The Morgan fingerprint density at radius 2 is 2.04 bits per heavy atom. The highest BCUT2D eigenvalue weighted by atomic mass is 35.5. The van der Waals surface area contributed by atoms with E-state index in [2.05, 4.69) is 10.2 Å². The third-order valence-electron chi connectivity index (χ3n) is 7.51. The number of nitrogens with one attached hydrogen (secondary N) is 1. The Labute approximate surface area is 168 Å². The Bertz CT molecular complexity index is 869. The van der Waals surface area contributed by atoms with Crippen LogP contribution in [0.4, 0.5) is 5.13 Å². The van der Waals surface area contributed by atoms with E-state index in [4.69, 9.17) is 16.6 Å². The van der Waals surface area contributed by atoms with Gasteiger partial charge in [-0.15, -0.1) is 0 Å². The first-order valence-corrected chi connectivity index (χ1v) is 11.5. The summed E-state index contributed by atoms with van der Waals surface area (Å²) in [5.74, 6) is 2.21. The van der Waals surface area contributed by atoms with Crippen molar-refractivity contribution in [2.45, 2.75) is 56.2 Å². The van der Waals surface area contributed by atoms with Gasteiger partial charge < -0.3 is 10.4 Å². The number of rotatable bonds is 3. The second kappa shape index (κ2) is 6.06. The van der Waals surface area contributed by atoms with Crippen LogP contribution in [0.2, 0.25) is 5.02 Å². The predicted molar refractivity (Wildman–Crippen MR) is 111 cm³/mol. The lowest BCUT2D eigenvalue weighted by Crippen LogP contribution is -2.61. The van der Waals surface area contributed by atoms with Gasteiger partial charge in [0.15, 0.2) is 5.13 Å². The lowest BCUT2D eigenvalue weighted by atomic mass is 9.52. The van der Waals surface area contributed by atoms with E-state index in [1.54, 1.807) is 11.3 Å². The second-order valence-corrected chi connectivity index (χ2v) is 10.9. The Morgan fingerprint density at radius 3 is 2.81 bits per heavy atom. The molecule has 5 aliphatic rings. The van der Waals surface area contributed by atoms with Crippen LogP contribution in [0, 0.1) is 17.8 Å². The van der Waals surface area contributed by atoms with E-state index in [1.165, 1.54) is 25.8 Å². The molecule has 1 aromatic carbocycles. The molecule has 4 saturated carbocycles. The van der Waals surface area contributed by atoms with Gasteiger partial charge in [0.1, 0.15) is 0 Å². The number of likely N-dealkylation sites (tertiary alicyclic amines) is 1. The largest absolute Gasteiger partial charge is 0.390 e. The average molecular weight is 404 g/mol. The summed E-state index contributed by atoms with van der Waals surface area (Å²) in [6.07, 6.45) is 7.02. The van der Waals surface area contributed by atoms with Crippen LogP contribution >= 0.6 is 22.9 Å². The maximum absolute atomic E-state index is 10.9. The first kappa shape index (κ1) is 17.0. The van der Waals surface area contributed by atoms with Crippen LogP contribution in [0.15, 0.2) is 18.2 Å². The molecule has 0 radical (unpaired) electrons. The highest BCUT2D eigenvalue weighted by molar-refractivity contribution is 7.22. The maximum Gasteiger partial charge on any atom is 0.184 e. The first-order valence-electron chi connectivity index (χ1n) is 10.3. The third-order valence-corrected chi connectivity index (χ3v) is 8.69. The maximum atomic E-state index is 10.9. The van der Waals surface area contributed by atoms with E-state index in [0.717, 1.165) is 52.1 Å². The van der Waals surface area contributed by atoms with Gasteiger partial charge >= 0.3 is 0 Å². The van der Waals surface area contributed by atoms with E-state index < -0.39 is 0 Å². The van der Waals surface area contributed by atoms with Crippen LogP contribution < -0.4 is 5.32 Å². The topological polar surface area (TPSA) is 48.4 Å². The van der Waals surface area contributed by atoms with Crippen molar-refractivity contribution in [3.8, 4) is 0 Å². The number of hydrogen-bond donors (Lipinski definition) is 2. The molecule has 6 heteroatoms. The van der Waals surface area contributed by atoms with E-state index in [9.17, 15) is 5.11 Å². The van der Waals surface area contributed by atoms with Gasteiger partial charge in [0, 0.05) is 30.2 Å². The molecule has 2 aromatic rings. The standard InChI is InChI=1S/C21H26ClN3OS/c22-15-1-2-17-18(7-15)27-20(24-17)23-16-3-4-25(11-16)19-13-5-12-6-14(19)10-21(26,8-12)9-13/h1-2,7,12-14,16,19,26H,3-6,8-11H2,(H,23,24)/t12?,13-,14?,16+,19?,21?/m0/s1. The average Bonchev–Trinajstić information content (AvgIpc) is 3.19. The molecule has 4 unspecified atom stereocenters. The van der Waals surface area contributed by atoms with Crippen LogP contribution in [0.5, 0.6) is 0 Å². The van der Waals surface area contributed by atoms with Gasteiger partial charge in [-0.3, -0.25) is 4.90 Å². The summed E-state index contributed by atoms with van der Waals surface area (Å²) in [5, 5.41) is 16.3. The smallest absolute Gasteiger partial charge is 0.184 e. The van der Waals surface area contributed by atoms with Crippen LogP contribution in [-0.4, -0.2) is 45.8 Å². The van der Waals surface area contributed by atoms with Crippen molar-refractivity contribution in [1.29, 1.82) is 0 Å². The van der Waals surface area contributed by atoms with Crippen molar-refractivity contribution >= 4 is 38.3 Å². The van der Waals surface area contributed by atoms with E-state index in [0.29, 0.717) is 23.9 Å². The zero-order valence-electron chi connectivity index (χ0n) is 15.4. The molecule has 27 heavy (non-hydrogen) atoms. The minimum Gasteiger partial charge on any atom is -0.390 e. The number of hydrogen-bond acceptors (Lipinski definition) is 5. The summed E-state index contributed by atoms with van der Waals surface area (Å²) in [5.41, 5.74) is 0.697. The zero-order chi connectivity index (χ0) is 18.2. The molecule has 1 aromatic heterocycles. The van der Waals surface area contributed by atoms with Crippen molar-refractivity contribution in [3.05, 3.63) is 23.2 Å². The van der Waals surface area contributed by atoms with Gasteiger partial charge in [-0.05, 0) is 74.5 Å². The number of benzene rings is 1. The van der Waals surface area contributed by atoms with Gasteiger partial charge in [0.05, 0.1) is 15.8 Å². The predicted octanol–water partition coefficient (Wildman–Crippen LogP) is 4.38. The van der Waals surface area contributed by atoms with Gasteiger partial charge in [-0.2, -0.15) is 0 Å². The fourth-order valence-electron chi connectivity index (χ4n) is 6.86. The van der Waals surface area contributed by atoms with Crippen molar-refractivity contribution in [1.82, 2.24) is 9.88 Å². The van der Waals surface area contributed by atoms with Gasteiger partial charge in [0.25, 0.3) is 0 Å². The van der Waals surface area contributed by atoms with Crippen molar-refractivity contribution < 1.29 is 5.11 Å². The summed E-state index contributed by atoms with van der Waals surface area (Å²) in [6.45, 7) is 2.28. The molecular formula is C21H26ClN3OS. The lowest BCUT2D eigenvalue weighted by molar-refractivity contribution is -0.157. The molecule has 4 aliphatic carbocycles. The highest BCUT2D eigenvalue weighted by Crippen LogP contribution is 2.57. The van der Waals surface area contributed by atoms with E-state index in [1.807, 2.05) is 18.2 Å². The minimum atomic E-state index is -0.327. The van der Waals surface area contributed by atoms with Crippen molar-refractivity contribution in [2.24, 2.45) is 17.8 Å². The molecule has 2 N–H and O–H groups in total. The van der Waals surface area contributed by atoms with Gasteiger partial charge in [-0.1, -0.05) is 22.9 Å². The number of nitrogens with zero attached hydrogens (tertiary/aromatic N) is 2. The molecule has 0 spiro atoms. The molecule has 1 saturated heterocycles. The molecule has 5 fully saturated rings. The summed E-state index contributed by atoms with van der Waals surface area (Å²) >= 11 is 7.81.